The molecule has 0 bridgehead atoms. The van der Waals surface area contributed by atoms with Crippen molar-refractivity contribution in [3.8, 4) is 34.1 Å². The first kappa shape index (κ1) is 40.0. The van der Waals surface area contributed by atoms with E-state index in [0.29, 0.717) is 0 Å². The van der Waals surface area contributed by atoms with Gasteiger partial charge in [-0.2, -0.15) is 0 Å². The van der Waals surface area contributed by atoms with Crippen LogP contribution < -0.4 is 20.3 Å². The largest absolute Gasteiger partial charge is 0.490 e. The number of esters is 2. The zero-order valence-electron chi connectivity index (χ0n) is 30.9. The molecule has 0 unspecified atom stereocenters. The Morgan fingerprint density at radius 3 is 1.30 bits per heavy atom. The molecule has 4 aromatic carbocycles. The van der Waals surface area contributed by atoms with E-state index < -0.39 is 56.8 Å². The van der Waals surface area contributed by atoms with E-state index in [-0.39, 0.29) is 79.3 Å². The van der Waals surface area contributed by atoms with Crippen LogP contribution in [0.4, 0.5) is 8.78 Å². The van der Waals surface area contributed by atoms with Crippen LogP contribution in [0.2, 0.25) is 10.0 Å². The Labute approximate surface area is 328 Å². The molecule has 0 N–H and O–H groups in total. The molecule has 14 heteroatoms. The first-order valence-electron chi connectivity index (χ1n) is 17.1. The van der Waals surface area contributed by atoms with Gasteiger partial charge in [0.25, 0.3) is 0 Å². The molecule has 0 aliphatic heterocycles. The molecule has 0 amide bonds. The van der Waals surface area contributed by atoms with Crippen LogP contribution in [0.5, 0.6) is 11.5 Å². The van der Waals surface area contributed by atoms with Gasteiger partial charge < -0.3 is 27.8 Å². The molecule has 0 aliphatic carbocycles. The number of hydrogen-bond acceptors (Lipinski definition) is 10. The normalized spacial score (nSPS) is 11.8. The van der Waals surface area contributed by atoms with Crippen LogP contribution in [0.3, 0.4) is 0 Å². The van der Waals surface area contributed by atoms with E-state index in [1.807, 2.05) is 0 Å². The molecule has 0 saturated heterocycles. The van der Waals surface area contributed by atoms with Crippen LogP contribution in [-0.2, 0) is 9.47 Å². The highest BCUT2D eigenvalue weighted by Crippen LogP contribution is 2.34. The topological polar surface area (TPSA) is 131 Å². The monoisotopic (exact) mass is 806 g/mol. The van der Waals surface area contributed by atoms with Gasteiger partial charge >= 0.3 is 11.9 Å². The van der Waals surface area contributed by atoms with Crippen molar-refractivity contribution in [3.63, 3.8) is 0 Å². The summed E-state index contributed by atoms with van der Waals surface area (Å²) in [6.07, 6.45) is 0. The second-order valence-corrected chi connectivity index (χ2v) is 15.4. The molecule has 2 heterocycles. The van der Waals surface area contributed by atoms with Crippen molar-refractivity contribution in [2.24, 2.45) is 0 Å². The third-order valence-corrected chi connectivity index (χ3v) is 8.38. The summed E-state index contributed by atoms with van der Waals surface area (Å²) in [4.78, 5) is 53.3. The molecule has 2 aromatic heterocycles. The maximum absolute atomic E-state index is 15.7. The number of halogens is 4. The molecule has 0 fully saturated rings. The highest BCUT2D eigenvalue weighted by molar-refractivity contribution is 6.31. The quantitative estimate of drug-likeness (QED) is 0.103. The molecule has 6 aromatic rings. The van der Waals surface area contributed by atoms with Crippen molar-refractivity contribution in [1.29, 1.82) is 0 Å². The summed E-state index contributed by atoms with van der Waals surface area (Å²) >= 11 is 12.2. The van der Waals surface area contributed by atoms with Crippen molar-refractivity contribution in [2.45, 2.75) is 52.7 Å². The Hall–Kier alpha value is -5.72. The van der Waals surface area contributed by atoms with Crippen molar-refractivity contribution in [3.05, 3.63) is 126 Å². The molecule has 6 rings (SSSR count). The Kier molecular flexibility index (Phi) is 11.0. The molecule has 0 atom stereocenters. The van der Waals surface area contributed by atoms with E-state index in [2.05, 4.69) is 0 Å². The van der Waals surface area contributed by atoms with Crippen molar-refractivity contribution < 1.29 is 46.2 Å². The molecule has 0 saturated carbocycles. The van der Waals surface area contributed by atoms with Gasteiger partial charge in [0.1, 0.15) is 58.7 Å². The number of benzene rings is 4. The third-order valence-electron chi connectivity index (χ3n) is 7.91. The second kappa shape index (κ2) is 15.4. The Bertz CT molecular complexity index is 2470. The Morgan fingerprint density at radius 1 is 0.589 bits per heavy atom. The molecule has 0 spiro atoms. The summed E-state index contributed by atoms with van der Waals surface area (Å²) in [6, 6.07) is 16.0. The van der Waals surface area contributed by atoms with Crippen LogP contribution in [0.15, 0.2) is 91.2 Å². The maximum atomic E-state index is 15.7. The van der Waals surface area contributed by atoms with E-state index >= 15 is 8.78 Å². The minimum atomic E-state index is -0.991. The van der Waals surface area contributed by atoms with E-state index in [9.17, 15) is 19.2 Å². The summed E-state index contributed by atoms with van der Waals surface area (Å²) in [6.45, 7) is 9.54. The number of rotatable bonds is 9. The zero-order valence-corrected chi connectivity index (χ0v) is 32.4. The number of fused-ring (bicyclic) bond motifs is 2. The third kappa shape index (κ3) is 8.72. The van der Waals surface area contributed by atoms with Gasteiger partial charge in [0.05, 0.1) is 21.9 Å². The van der Waals surface area contributed by atoms with Gasteiger partial charge in [-0.05, 0) is 90.1 Å². The standard InChI is InChI=1S/C42H34Cl2F2O10/c1-41(2,3)55-39(49)33-35(47)27-11-7-21(43)17-31(27)53-37(33)25-13-9-23(19-29(25)45)51-15-16-52-24-10-14-26(30(46)20-24)38-34(40(50)56-42(4,5)6)36(48)28-12-8-22(44)18-32(28)54-38/h7-14,17-20H,15-16H2,1-6H3. The number of hydrogen-bond donors (Lipinski definition) is 0. The summed E-state index contributed by atoms with van der Waals surface area (Å²) in [5, 5.41) is 0.645. The second-order valence-electron chi connectivity index (χ2n) is 14.5. The van der Waals surface area contributed by atoms with E-state index in [1.165, 1.54) is 60.7 Å². The number of ether oxygens (including phenoxy) is 4. The lowest BCUT2D eigenvalue weighted by atomic mass is 10.0. The van der Waals surface area contributed by atoms with Crippen LogP contribution in [0, 0.1) is 11.6 Å². The van der Waals surface area contributed by atoms with Gasteiger partial charge in [-0.1, -0.05) is 23.2 Å². The maximum Gasteiger partial charge on any atom is 0.346 e. The first-order valence-corrected chi connectivity index (χ1v) is 17.9. The van der Waals surface area contributed by atoms with Gasteiger partial charge in [-0.25, -0.2) is 18.4 Å². The minimum Gasteiger partial charge on any atom is -0.490 e. The van der Waals surface area contributed by atoms with Crippen molar-refractivity contribution >= 4 is 57.1 Å². The highest BCUT2D eigenvalue weighted by Gasteiger charge is 2.30. The predicted molar refractivity (Wildman–Crippen MR) is 207 cm³/mol. The van der Waals surface area contributed by atoms with Crippen LogP contribution in [-0.4, -0.2) is 36.4 Å². The zero-order chi connectivity index (χ0) is 40.7. The first-order chi connectivity index (χ1) is 26.3. The summed E-state index contributed by atoms with van der Waals surface area (Å²) < 4.78 is 65.3. The average Bonchev–Trinajstić information content (AvgIpc) is 3.08. The Morgan fingerprint density at radius 2 is 0.964 bits per heavy atom. The molecule has 10 nitrogen and oxygen atoms in total. The highest BCUT2D eigenvalue weighted by atomic mass is 35.5. The van der Waals surface area contributed by atoms with Crippen molar-refractivity contribution in [2.75, 3.05) is 13.2 Å². The van der Waals surface area contributed by atoms with Gasteiger partial charge in [0, 0.05) is 34.3 Å². The number of carbonyl (C=O) groups excluding carboxylic acids is 2. The fraction of sp³-hybridized carbons (Fsp3) is 0.238. The van der Waals surface area contributed by atoms with Crippen molar-refractivity contribution in [1.82, 2.24) is 0 Å². The summed E-state index contributed by atoms with van der Waals surface area (Å²) in [5.41, 5.74) is -4.65. The SMILES string of the molecule is CC(C)(C)OC(=O)c1c(-c2ccc(OCCOc3ccc(-c4oc5cc(Cl)ccc5c(=O)c4C(=O)OC(C)(C)C)c(F)c3)cc2F)oc2cc(Cl)ccc2c1=O. The van der Waals surface area contributed by atoms with Gasteiger partial charge in [0.2, 0.25) is 10.9 Å². The van der Waals surface area contributed by atoms with E-state index in [0.717, 1.165) is 12.1 Å². The van der Waals surface area contributed by atoms with E-state index in [1.54, 1.807) is 41.5 Å². The lowest BCUT2D eigenvalue weighted by Gasteiger charge is -2.20. The molecule has 290 valence electrons. The molecular formula is C42H34Cl2F2O10. The average molecular weight is 808 g/mol. The smallest absolute Gasteiger partial charge is 0.346 e. The summed E-state index contributed by atoms with van der Waals surface area (Å²) in [5.74, 6) is -4.27. The van der Waals surface area contributed by atoms with E-state index in [4.69, 9.17) is 51.0 Å². The van der Waals surface area contributed by atoms with Crippen LogP contribution in [0.1, 0.15) is 62.3 Å². The minimum absolute atomic E-state index is 0.0429. The molecule has 0 aliphatic rings. The summed E-state index contributed by atoms with van der Waals surface area (Å²) in [7, 11) is 0. The Balaban J connectivity index is 1.20. The lowest BCUT2D eigenvalue weighted by Crippen LogP contribution is -2.28. The molecule has 56 heavy (non-hydrogen) atoms. The lowest BCUT2D eigenvalue weighted by molar-refractivity contribution is 0.00545. The number of carbonyl (C=O) groups is 2. The fourth-order valence-corrected chi connectivity index (χ4v) is 5.93. The van der Waals surface area contributed by atoms with Gasteiger partial charge in [-0.3, -0.25) is 9.59 Å². The van der Waals surface area contributed by atoms with Gasteiger partial charge in [0.15, 0.2) is 22.6 Å². The van der Waals surface area contributed by atoms with Crippen LogP contribution >= 0.6 is 23.2 Å². The molecular weight excluding hydrogens is 773 g/mol. The fourth-order valence-electron chi connectivity index (χ4n) is 5.60. The van der Waals surface area contributed by atoms with Gasteiger partial charge in [-0.15, -0.1) is 0 Å². The van der Waals surface area contributed by atoms with Crippen LogP contribution in [0.25, 0.3) is 44.6 Å². The predicted octanol–water partition coefficient (Wildman–Crippen LogP) is 10.2. The molecule has 0 radical (unpaired) electrons.